The first-order valence-corrected chi connectivity index (χ1v) is 5.45. The van der Waals surface area contributed by atoms with Gasteiger partial charge in [-0.2, -0.15) is 0 Å². The number of esters is 2. The van der Waals surface area contributed by atoms with Crippen LogP contribution in [0.15, 0.2) is 0 Å². The molecule has 0 aliphatic carbocycles. The maximum Gasteiger partial charge on any atom is 0.334 e. The van der Waals surface area contributed by atoms with Crippen molar-refractivity contribution in [2.24, 2.45) is 5.92 Å². The highest BCUT2D eigenvalue weighted by atomic mass is 16.5. The fourth-order valence-corrected chi connectivity index (χ4v) is 1.02. The summed E-state index contributed by atoms with van der Waals surface area (Å²) in [6, 6.07) is 0. The van der Waals surface area contributed by atoms with E-state index in [1.807, 2.05) is 0 Å². The summed E-state index contributed by atoms with van der Waals surface area (Å²) in [6.07, 6.45) is 8.54. The number of carbonyl (C=O) groups is 2. The van der Waals surface area contributed by atoms with Gasteiger partial charge >= 0.3 is 11.9 Å². The van der Waals surface area contributed by atoms with Gasteiger partial charge in [-0.15, -0.1) is 12.3 Å². The molecule has 0 rings (SSSR count). The Morgan fingerprint density at radius 2 is 1.94 bits per heavy atom. The van der Waals surface area contributed by atoms with Gasteiger partial charge in [0.05, 0.1) is 6.61 Å². The molecule has 0 amide bonds. The molecule has 0 aliphatic rings. The lowest BCUT2D eigenvalue weighted by molar-refractivity contribution is -0.158. The number of carbonyl (C=O) groups excluding carboxylic acids is 2. The van der Waals surface area contributed by atoms with Crippen molar-refractivity contribution in [3.8, 4) is 24.4 Å². The highest BCUT2D eigenvalue weighted by Crippen LogP contribution is 2.07. The fourth-order valence-electron chi connectivity index (χ4n) is 1.02. The molecule has 1 unspecified atom stereocenters. The van der Waals surface area contributed by atoms with Gasteiger partial charge in [-0.3, -0.25) is 9.59 Å². The van der Waals surface area contributed by atoms with Gasteiger partial charge < -0.3 is 9.47 Å². The summed E-state index contributed by atoms with van der Waals surface area (Å²) < 4.78 is 9.39. The van der Waals surface area contributed by atoms with Crippen molar-refractivity contribution in [2.45, 2.75) is 33.1 Å². The Bertz CT molecular complexity index is 354. The van der Waals surface area contributed by atoms with Crippen LogP contribution in [0.5, 0.6) is 0 Å². The third-order valence-corrected chi connectivity index (χ3v) is 1.88. The third kappa shape index (κ3) is 6.27. The van der Waals surface area contributed by atoms with Crippen molar-refractivity contribution < 1.29 is 19.1 Å². The van der Waals surface area contributed by atoms with Gasteiger partial charge in [0, 0.05) is 12.8 Å². The molecule has 0 N–H and O–H groups in total. The molecule has 0 radical (unpaired) electrons. The standard InChI is InChI=1S/C13H16O4/c1-4-7-8-9-10-17-13(15)11(5-2)12(14)16-6-3/h1,11H,5-8H2,2-3H3. The van der Waals surface area contributed by atoms with Crippen molar-refractivity contribution in [1.29, 1.82) is 0 Å². The number of terminal acetylenes is 1. The Hall–Kier alpha value is -1.94. The number of rotatable bonds is 5. The molecule has 4 nitrogen and oxygen atoms in total. The van der Waals surface area contributed by atoms with Crippen molar-refractivity contribution in [2.75, 3.05) is 6.61 Å². The molecule has 0 aromatic carbocycles. The molecule has 0 fully saturated rings. The molecular weight excluding hydrogens is 220 g/mol. The lowest BCUT2D eigenvalue weighted by atomic mass is 10.1. The van der Waals surface area contributed by atoms with Crippen molar-refractivity contribution in [3.63, 3.8) is 0 Å². The Balaban J connectivity index is 4.21. The molecule has 0 bridgehead atoms. The topological polar surface area (TPSA) is 52.6 Å². The predicted molar refractivity (Wildman–Crippen MR) is 62.3 cm³/mol. The smallest absolute Gasteiger partial charge is 0.334 e. The van der Waals surface area contributed by atoms with Crippen LogP contribution >= 0.6 is 0 Å². The quantitative estimate of drug-likeness (QED) is 0.314. The van der Waals surface area contributed by atoms with Crippen LogP contribution in [0.3, 0.4) is 0 Å². The second-order valence-electron chi connectivity index (χ2n) is 3.12. The molecule has 0 aromatic heterocycles. The van der Waals surface area contributed by atoms with E-state index in [0.29, 0.717) is 19.3 Å². The highest BCUT2D eigenvalue weighted by Gasteiger charge is 2.27. The zero-order chi connectivity index (χ0) is 13.1. The van der Waals surface area contributed by atoms with Crippen LogP contribution in [0.25, 0.3) is 0 Å². The van der Waals surface area contributed by atoms with Crippen LogP contribution in [-0.4, -0.2) is 18.5 Å². The van der Waals surface area contributed by atoms with Crippen molar-refractivity contribution in [3.05, 3.63) is 0 Å². The van der Waals surface area contributed by atoms with Gasteiger partial charge in [-0.05, 0) is 13.3 Å². The van der Waals surface area contributed by atoms with Crippen molar-refractivity contribution >= 4 is 11.9 Å². The number of hydrogen-bond acceptors (Lipinski definition) is 4. The molecule has 1 atom stereocenters. The van der Waals surface area contributed by atoms with Crippen LogP contribution in [0.2, 0.25) is 0 Å². The van der Waals surface area contributed by atoms with Gasteiger partial charge in [0.2, 0.25) is 0 Å². The Labute approximate surface area is 102 Å². The lowest BCUT2D eigenvalue weighted by Gasteiger charge is -2.09. The first kappa shape index (κ1) is 15.1. The van der Waals surface area contributed by atoms with Crippen LogP contribution in [0.4, 0.5) is 0 Å². The van der Waals surface area contributed by atoms with Crippen LogP contribution < -0.4 is 0 Å². The van der Waals surface area contributed by atoms with E-state index in [2.05, 4.69) is 22.7 Å². The maximum atomic E-state index is 11.5. The molecule has 0 saturated heterocycles. The van der Waals surface area contributed by atoms with Crippen LogP contribution in [0.1, 0.15) is 33.1 Å². The van der Waals surface area contributed by atoms with E-state index in [0.717, 1.165) is 0 Å². The summed E-state index contributed by atoms with van der Waals surface area (Å²) in [5.41, 5.74) is 0. The molecule has 0 aromatic rings. The van der Waals surface area contributed by atoms with E-state index < -0.39 is 17.9 Å². The zero-order valence-corrected chi connectivity index (χ0v) is 10.1. The molecule has 17 heavy (non-hydrogen) atoms. The van der Waals surface area contributed by atoms with E-state index in [1.54, 1.807) is 13.8 Å². The molecule has 92 valence electrons. The summed E-state index contributed by atoms with van der Waals surface area (Å²) in [5.74, 6) is 2.82. The van der Waals surface area contributed by atoms with E-state index in [1.165, 1.54) is 0 Å². The largest absolute Gasteiger partial charge is 0.465 e. The Kier molecular flexibility index (Phi) is 8.24. The van der Waals surface area contributed by atoms with Gasteiger partial charge in [0.25, 0.3) is 0 Å². The normalized spacial score (nSPS) is 10.4. The summed E-state index contributed by atoms with van der Waals surface area (Å²) >= 11 is 0. The molecule has 0 saturated carbocycles. The molecule has 0 heterocycles. The summed E-state index contributed by atoms with van der Waals surface area (Å²) in [4.78, 5) is 22.8. The van der Waals surface area contributed by atoms with Gasteiger partial charge in [0.15, 0.2) is 5.92 Å². The third-order valence-electron chi connectivity index (χ3n) is 1.88. The van der Waals surface area contributed by atoms with Crippen molar-refractivity contribution in [1.82, 2.24) is 0 Å². The van der Waals surface area contributed by atoms with E-state index in [4.69, 9.17) is 11.2 Å². The first-order chi connectivity index (χ1) is 8.17. The summed E-state index contributed by atoms with van der Waals surface area (Å²) in [6.45, 7) is 3.61. The van der Waals surface area contributed by atoms with E-state index >= 15 is 0 Å². The summed E-state index contributed by atoms with van der Waals surface area (Å²) in [7, 11) is 0. The predicted octanol–water partition coefficient (Wildman–Crippen LogP) is 1.49. The van der Waals surface area contributed by atoms with Crippen LogP contribution in [0, 0.1) is 30.3 Å². The molecule has 4 heteroatoms. The molecular formula is C13H16O4. The average Bonchev–Trinajstić information content (AvgIpc) is 2.30. The summed E-state index contributed by atoms with van der Waals surface area (Å²) in [5, 5.41) is 0. The second-order valence-corrected chi connectivity index (χ2v) is 3.12. The minimum absolute atomic E-state index is 0.233. The number of ether oxygens (including phenoxy) is 2. The fraction of sp³-hybridized carbons (Fsp3) is 0.538. The van der Waals surface area contributed by atoms with E-state index in [9.17, 15) is 9.59 Å². The monoisotopic (exact) mass is 236 g/mol. The minimum Gasteiger partial charge on any atom is -0.465 e. The number of hydrogen-bond donors (Lipinski definition) is 0. The molecule has 0 spiro atoms. The first-order valence-electron chi connectivity index (χ1n) is 5.45. The average molecular weight is 236 g/mol. The lowest BCUT2D eigenvalue weighted by Crippen LogP contribution is -2.26. The Morgan fingerprint density at radius 3 is 2.47 bits per heavy atom. The highest BCUT2D eigenvalue weighted by molar-refractivity contribution is 5.95. The number of unbranched alkanes of at least 4 members (excludes halogenated alkanes) is 1. The maximum absolute atomic E-state index is 11.5. The van der Waals surface area contributed by atoms with Crippen LogP contribution in [-0.2, 0) is 19.1 Å². The Morgan fingerprint density at radius 1 is 1.24 bits per heavy atom. The second kappa shape index (κ2) is 9.30. The minimum atomic E-state index is -0.906. The van der Waals surface area contributed by atoms with Gasteiger partial charge in [0.1, 0.15) is 6.11 Å². The molecule has 0 aliphatic heterocycles. The zero-order valence-electron chi connectivity index (χ0n) is 10.1. The van der Waals surface area contributed by atoms with E-state index in [-0.39, 0.29) is 6.61 Å². The van der Waals surface area contributed by atoms with Gasteiger partial charge in [-0.1, -0.05) is 12.8 Å². The SMILES string of the molecule is C#CCCC#COC(=O)C(CC)C(=O)OCC. The van der Waals surface area contributed by atoms with Gasteiger partial charge in [-0.25, -0.2) is 0 Å².